The number of aromatic nitrogens is 2. The second kappa shape index (κ2) is 5.07. The van der Waals surface area contributed by atoms with Gasteiger partial charge in [0.25, 0.3) is 0 Å². The number of benzene rings is 1. The van der Waals surface area contributed by atoms with Crippen LogP contribution in [0.1, 0.15) is 5.69 Å². The summed E-state index contributed by atoms with van der Waals surface area (Å²) in [6, 6.07) is 6.42. The number of nitrogens with zero attached hydrogens (tertiary/aromatic N) is 3. The van der Waals surface area contributed by atoms with Gasteiger partial charge in [-0.3, -0.25) is 10.1 Å². The van der Waals surface area contributed by atoms with Gasteiger partial charge in [0, 0.05) is 5.02 Å². The summed E-state index contributed by atoms with van der Waals surface area (Å²) in [4.78, 5) is 17.8. The van der Waals surface area contributed by atoms with Gasteiger partial charge in [0.1, 0.15) is 11.4 Å². The van der Waals surface area contributed by atoms with Gasteiger partial charge in [-0.25, -0.2) is 4.98 Å². The van der Waals surface area contributed by atoms with Crippen molar-refractivity contribution < 1.29 is 9.66 Å². The number of aryl methyl sites for hydroxylation is 1. The van der Waals surface area contributed by atoms with Crippen LogP contribution in [0.2, 0.25) is 5.02 Å². The van der Waals surface area contributed by atoms with E-state index >= 15 is 0 Å². The second-order valence-electron chi connectivity index (χ2n) is 3.64. The zero-order valence-corrected chi connectivity index (χ0v) is 10.6. The van der Waals surface area contributed by atoms with Gasteiger partial charge < -0.3 is 10.5 Å². The fraction of sp³-hybridized carbons (Fsp3) is 0.0909. The molecule has 7 nitrogen and oxygen atoms in total. The van der Waals surface area contributed by atoms with Gasteiger partial charge in [0.2, 0.25) is 5.95 Å². The van der Waals surface area contributed by atoms with Crippen LogP contribution >= 0.6 is 11.6 Å². The lowest BCUT2D eigenvalue weighted by atomic mass is 10.3. The van der Waals surface area contributed by atoms with Crippen molar-refractivity contribution in [2.24, 2.45) is 0 Å². The van der Waals surface area contributed by atoms with Crippen LogP contribution in [-0.2, 0) is 0 Å². The summed E-state index contributed by atoms with van der Waals surface area (Å²) in [7, 11) is 0. The number of hydrogen-bond acceptors (Lipinski definition) is 6. The van der Waals surface area contributed by atoms with E-state index in [9.17, 15) is 10.1 Å². The van der Waals surface area contributed by atoms with Crippen molar-refractivity contribution >= 4 is 23.2 Å². The van der Waals surface area contributed by atoms with Crippen LogP contribution in [0.15, 0.2) is 24.3 Å². The van der Waals surface area contributed by atoms with Crippen molar-refractivity contribution in [2.75, 3.05) is 5.73 Å². The molecule has 0 atom stereocenters. The summed E-state index contributed by atoms with van der Waals surface area (Å²) in [6.07, 6.45) is 0. The molecule has 0 saturated carbocycles. The molecule has 0 radical (unpaired) electrons. The van der Waals surface area contributed by atoms with E-state index in [1.54, 1.807) is 18.2 Å². The standard InChI is InChI=1S/C11H9ClN4O3/c1-6-9(16(17)18)10(15-11(13)14-6)19-8-4-2-3-7(12)5-8/h2-5H,1H3,(H2,13,14,15). The Morgan fingerprint density at radius 1 is 1.42 bits per heavy atom. The predicted molar refractivity (Wildman–Crippen MR) is 69.4 cm³/mol. The lowest BCUT2D eigenvalue weighted by Gasteiger charge is -2.07. The summed E-state index contributed by atoms with van der Waals surface area (Å²) < 4.78 is 5.36. The molecule has 2 rings (SSSR count). The zero-order chi connectivity index (χ0) is 14.0. The van der Waals surface area contributed by atoms with E-state index < -0.39 is 4.92 Å². The molecule has 1 aromatic heterocycles. The first kappa shape index (κ1) is 13.0. The van der Waals surface area contributed by atoms with E-state index in [1.807, 2.05) is 0 Å². The summed E-state index contributed by atoms with van der Waals surface area (Å²) in [6.45, 7) is 1.46. The number of rotatable bonds is 3. The molecule has 2 aromatic rings. The Labute approximate surface area is 113 Å². The Balaban J connectivity index is 2.47. The molecule has 2 N–H and O–H groups in total. The Morgan fingerprint density at radius 3 is 2.79 bits per heavy atom. The number of anilines is 1. The first-order valence-corrected chi connectivity index (χ1v) is 5.57. The largest absolute Gasteiger partial charge is 0.434 e. The number of ether oxygens (including phenoxy) is 1. The lowest BCUT2D eigenvalue weighted by Crippen LogP contribution is -2.04. The first-order chi connectivity index (χ1) is 8.97. The number of nitrogens with two attached hydrogens (primary N) is 1. The van der Waals surface area contributed by atoms with Gasteiger partial charge in [0.05, 0.1) is 4.92 Å². The topological polar surface area (TPSA) is 104 Å². The minimum atomic E-state index is -0.616. The van der Waals surface area contributed by atoms with Crippen LogP contribution in [0.3, 0.4) is 0 Å². The average Bonchev–Trinajstić information content (AvgIpc) is 2.26. The summed E-state index contributed by atoms with van der Waals surface area (Å²) in [5.41, 5.74) is 5.27. The number of nitro groups is 1. The summed E-state index contributed by atoms with van der Waals surface area (Å²) >= 11 is 5.80. The van der Waals surface area contributed by atoms with Gasteiger partial charge in [0.15, 0.2) is 0 Å². The van der Waals surface area contributed by atoms with Gasteiger partial charge in [-0.05, 0) is 25.1 Å². The molecule has 1 aromatic carbocycles. The van der Waals surface area contributed by atoms with Crippen molar-refractivity contribution in [1.82, 2.24) is 9.97 Å². The van der Waals surface area contributed by atoms with Crippen LogP contribution in [0.5, 0.6) is 11.6 Å². The van der Waals surface area contributed by atoms with Crippen LogP contribution in [0.4, 0.5) is 11.6 Å². The third kappa shape index (κ3) is 2.89. The van der Waals surface area contributed by atoms with E-state index in [1.165, 1.54) is 13.0 Å². The molecule has 0 saturated heterocycles. The maximum absolute atomic E-state index is 11.0. The van der Waals surface area contributed by atoms with Crippen molar-refractivity contribution in [3.05, 3.63) is 45.1 Å². The highest BCUT2D eigenvalue weighted by Gasteiger charge is 2.23. The van der Waals surface area contributed by atoms with E-state index in [2.05, 4.69) is 9.97 Å². The maximum Gasteiger partial charge on any atom is 0.352 e. The van der Waals surface area contributed by atoms with E-state index in [0.29, 0.717) is 10.8 Å². The molecule has 19 heavy (non-hydrogen) atoms. The molecule has 0 fully saturated rings. The second-order valence-corrected chi connectivity index (χ2v) is 4.07. The molecule has 0 aliphatic rings. The van der Waals surface area contributed by atoms with Crippen LogP contribution in [-0.4, -0.2) is 14.9 Å². The van der Waals surface area contributed by atoms with E-state index in [4.69, 9.17) is 22.1 Å². The molecule has 0 aliphatic carbocycles. The van der Waals surface area contributed by atoms with Crippen LogP contribution in [0, 0.1) is 17.0 Å². The third-order valence-corrected chi connectivity index (χ3v) is 2.47. The fourth-order valence-corrected chi connectivity index (χ4v) is 1.67. The zero-order valence-electron chi connectivity index (χ0n) is 9.83. The van der Waals surface area contributed by atoms with Gasteiger partial charge >= 0.3 is 11.6 Å². The van der Waals surface area contributed by atoms with E-state index in [-0.39, 0.29) is 23.2 Å². The van der Waals surface area contributed by atoms with Crippen molar-refractivity contribution in [1.29, 1.82) is 0 Å². The normalized spacial score (nSPS) is 10.2. The molecular weight excluding hydrogens is 272 g/mol. The molecule has 1 heterocycles. The van der Waals surface area contributed by atoms with Crippen molar-refractivity contribution in [3.8, 4) is 11.6 Å². The van der Waals surface area contributed by atoms with Crippen molar-refractivity contribution in [2.45, 2.75) is 6.92 Å². The molecule has 0 aliphatic heterocycles. The number of hydrogen-bond donors (Lipinski definition) is 1. The predicted octanol–water partition coefficient (Wildman–Crippen LogP) is 2.72. The maximum atomic E-state index is 11.0. The highest BCUT2D eigenvalue weighted by Crippen LogP contribution is 2.32. The van der Waals surface area contributed by atoms with E-state index in [0.717, 1.165) is 0 Å². The van der Waals surface area contributed by atoms with Crippen molar-refractivity contribution in [3.63, 3.8) is 0 Å². The molecule has 8 heteroatoms. The summed E-state index contributed by atoms with van der Waals surface area (Å²) in [5.74, 6) is 0.0190. The molecular formula is C11H9ClN4O3. The third-order valence-electron chi connectivity index (χ3n) is 2.24. The monoisotopic (exact) mass is 280 g/mol. The smallest absolute Gasteiger partial charge is 0.352 e. The highest BCUT2D eigenvalue weighted by molar-refractivity contribution is 6.30. The quantitative estimate of drug-likeness (QED) is 0.684. The molecule has 98 valence electrons. The van der Waals surface area contributed by atoms with Gasteiger partial charge in [-0.2, -0.15) is 4.98 Å². The lowest BCUT2D eigenvalue weighted by molar-refractivity contribution is -0.386. The Bertz CT molecular complexity index is 648. The number of halogens is 1. The van der Waals surface area contributed by atoms with Crippen LogP contribution in [0.25, 0.3) is 0 Å². The molecule has 0 spiro atoms. The molecule has 0 unspecified atom stereocenters. The Kier molecular flexibility index (Phi) is 3.48. The highest BCUT2D eigenvalue weighted by atomic mass is 35.5. The molecule has 0 bridgehead atoms. The molecule has 0 amide bonds. The first-order valence-electron chi connectivity index (χ1n) is 5.19. The Morgan fingerprint density at radius 2 is 2.16 bits per heavy atom. The van der Waals surface area contributed by atoms with Gasteiger partial charge in [-0.15, -0.1) is 0 Å². The summed E-state index contributed by atoms with van der Waals surface area (Å²) in [5, 5.41) is 11.4. The Hall–Kier alpha value is -2.41. The fourth-order valence-electron chi connectivity index (χ4n) is 1.49. The minimum absolute atomic E-state index is 0.0971. The number of nitrogen functional groups attached to an aromatic ring is 1. The average molecular weight is 281 g/mol. The van der Waals surface area contributed by atoms with Gasteiger partial charge in [-0.1, -0.05) is 17.7 Å². The minimum Gasteiger partial charge on any atom is -0.434 e. The van der Waals surface area contributed by atoms with Crippen LogP contribution < -0.4 is 10.5 Å². The SMILES string of the molecule is Cc1nc(N)nc(Oc2cccc(Cl)c2)c1[N+](=O)[O-].